The average Bonchev–Trinajstić information content (AvgIpc) is 3.19. The maximum absolute atomic E-state index is 4.27. The van der Waals surface area contributed by atoms with Crippen LogP contribution in [0.4, 0.5) is 0 Å². The Balaban J connectivity index is 1.70. The number of H-pyrrole nitrogens is 1. The minimum atomic E-state index is 0.475. The van der Waals surface area contributed by atoms with Crippen LogP contribution in [0.2, 0.25) is 0 Å². The molecule has 2 aromatic heterocycles. The molecule has 4 aromatic rings. The van der Waals surface area contributed by atoms with Crippen LogP contribution in [0, 0.1) is 0 Å². The number of nitrogens with one attached hydrogen (secondary N) is 1. The predicted octanol–water partition coefficient (Wildman–Crippen LogP) is 4.05. The molecule has 1 aliphatic rings. The van der Waals surface area contributed by atoms with E-state index in [2.05, 4.69) is 57.0 Å². The number of imidazole rings is 1. The first-order chi connectivity index (χ1) is 10.4. The Morgan fingerprint density at radius 1 is 1.05 bits per heavy atom. The number of aromatic amines is 1. The highest BCUT2D eigenvalue weighted by Gasteiger charge is 2.24. The van der Waals surface area contributed by atoms with Crippen molar-refractivity contribution < 1.29 is 0 Å². The van der Waals surface area contributed by atoms with Gasteiger partial charge in [0.2, 0.25) is 0 Å². The third-order valence-electron chi connectivity index (χ3n) is 4.69. The topological polar surface area (TPSA) is 33.6 Å². The van der Waals surface area contributed by atoms with Crippen LogP contribution in [-0.2, 0) is 6.54 Å². The van der Waals surface area contributed by atoms with Crippen LogP contribution >= 0.6 is 0 Å². The second-order valence-corrected chi connectivity index (χ2v) is 5.83. The summed E-state index contributed by atoms with van der Waals surface area (Å²) in [5, 5.41) is 2.61. The zero-order valence-corrected chi connectivity index (χ0v) is 11.6. The molecule has 21 heavy (non-hydrogen) atoms. The van der Waals surface area contributed by atoms with Crippen molar-refractivity contribution in [1.82, 2.24) is 14.5 Å². The monoisotopic (exact) mass is 273 g/mol. The molecule has 3 heteroatoms. The molecule has 0 fully saturated rings. The van der Waals surface area contributed by atoms with Gasteiger partial charge in [-0.25, -0.2) is 4.98 Å². The van der Waals surface area contributed by atoms with Crippen molar-refractivity contribution in [1.29, 1.82) is 0 Å². The largest absolute Gasteiger partial charge is 0.355 e. The Labute approximate surface area is 122 Å². The Morgan fingerprint density at radius 2 is 1.95 bits per heavy atom. The summed E-state index contributed by atoms with van der Waals surface area (Å²) >= 11 is 0. The van der Waals surface area contributed by atoms with Crippen LogP contribution in [0.15, 0.2) is 55.0 Å². The molecule has 3 nitrogen and oxygen atoms in total. The molecular weight excluding hydrogens is 258 g/mol. The van der Waals surface area contributed by atoms with Gasteiger partial charge in [-0.05, 0) is 24.1 Å². The van der Waals surface area contributed by atoms with Crippen molar-refractivity contribution in [2.24, 2.45) is 0 Å². The van der Waals surface area contributed by atoms with Crippen LogP contribution in [-0.4, -0.2) is 14.5 Å². The van der Waals surface area contributed by atoms with Crippen molar-refractivity contribution >= 4 is 21.8 Å². The molecule has 0 saturated carbocycles. The first kappa shape index (κ1) is 11.1. The van der Waals surface area contributed by atoms with Gasteiger partial charge in [0.05, 0.1) is 6.33 Å². The minimum Gasteiger partial charge on any atom is -0.355 e. The second-order valence-electron chi connectivity index (χ2n) is 5.83. The van der Waals surface area contributed by atoms with Crippen LogP contribution < -0.4 is 0 Å². The van der Waals surface area contributed by atoms with Crippen molar-refractivity contribution in [3.63, 3.8) is 0 Å². The minimum absolute atomic E-state index is 0.475. The van der Waals surface area contributed by atoms with E-state index >= 15 is 0 Å². The van der Waals surface area contributed by atoms with E-state index in [0.717, 1.165) is 6.54 Å². The molecule has 1 aliphatic heterocycles. The van der Waals surface area contributed by atoms with Gasteiger partial charge in [0.1, 0.15) is 0 Å². The van der Waals surface area contributed by atoms with Crippen LogP contribution in [0.25, 0.3) is 21.8 Å². The lowest BCUT2D eigenvalue weighted by Crippen LogP contribution is -1.95. The van der Waals surface area contributed by atoms with Gasteiger partial charge in [0.15, 0.2) is 0 Å². The van der Waals surface area contributed by atoms with Crippen LogP contribution in [0.5, 0.6) is 0 Å². The number of aromatic nitrogens is 3. The van der Waals surface area contributed by atoms with E-state index in [1.807, 2.05) is 12.5 Å². The summed E-state index contributed by atoms with van der Waals surface area (Å²) in [6.45, 7) is 1.07. The summed E-state index contributed by atoms with van der Waals surface area (Å²) in [6, 6.07) is 15.3. The van der Waals surface area contributed by atoms with Gasteiger partial charge in [-0.3, -0.25) is 0 Å². The van der Waals surface area contributed by atoms with E-state index in [9.17, 15) is 0 Å². The maximum atomic E-state index is 4.27. The Bertz CT molecular complexity index is 961. The number of fused-ring (bicyclic) bond motifs is 4. The van der Waals surface area contributed by atoms with E-state index in [0.29, 0.717) is 5.92 Å². The number of para-hydroxylation sites is 1. The molecule has 0 spiro atoms. The molecule has 3 heterocycles. The molecule has 2 aromatic carbocycles. The predicted molar refractivity (Wildman–Crippen MR) is 84.5 cm³/mol. The zero-order chi connectivity index (χ0) is 13.8. The Kier molecular flexibility index (Phi) is 2.11. The molecule has 0 saturated heterocycles. The van der Waals surface area contributed by atoms with E-state index in [-0.39, 0.29) is 0 Å². The molecule has 0 radical (unpaired) electrons. The van der Waals surface area contributed by atoms with E-state index in [4.69, 9.17) is 0 Å². The molecule has 1 N–H and O–H groups in total. The SMILES string of the molecule is c1ccc2c(c1)[nH]c1cc(C3CCn4cncc43)ccc12. The molecular formula is C18H15N3. The lowest BCUT2D eigenvalue weighted by atomic mass is 9.94. The summed E-state index contributed by atoms with van der Waals surface area (Å²) in [5.74, 6) is 0.475. The zero-order valence-electron chi connectivity index (χ0n) is 11.6. The van der Waals surface area contributed by atoms with Gasteiger partial charge in [-0.2, -0.15) is 0 Å². The first-order valence-electron chi connectivity index (χ1n) is 7.40. The number of rotatable bonds is 1. The number of hydrogen-bond acceptors (Lipinski definition) is 1. The normalized spacial score (nSPS) is 17.6. The standard InChI is InChI=1S/C18H15N3/c1-2-4-16-14(3-1)15-6-5-12(9-17(15)20-16)13-7-8-21-11-19-10-18(13)21/h1-6,9-11,13,20H,7-8H2. The average molecular weight is 273 g/mol. The summed E-state index contributed by atoms with van der Waals surface area (Å²) in [5.41, 5.74) is 5.16. The summed E-state index contributed by atoms with van der Waals surface area (Å²) in [6.07, 6.45) is 5.12. The molecule has 1 unspecified atom stereocenters. The molecule has 0 bridgehead atoms. The summed E-state index contributed by atoms with van der Waals surface area (Å²) < 4.78 is 2.26. The number of hydrogen-bond donors (Lipinski definition) is 1. The van der Waals surface area contributed by atoms with Gasteiger partial charge < -0.3 is 9.55 Å². The molecule has 1 atom stereocenters. The third kappa shape index (κ3) is 1.51. The van der Waals surface area contributed by atoms with E-state index in [1.54, 1.807) is 0 Å². The highest BCUT2D eigenvalue weighted by molar-refractivity contribution is 6.07. The van der Waals surface area contributed by atoms with E-state index < -0.39 is 0 Å². The molecule has 102 valence electrons. The molecule has 0 aliphatic carbocycles. The van der Waals surface area contributed by atoms with Crippen molar-refractivity contribution in [3.05, 3.63) is 66.2 Å². The second kappa shape index (κ2) is 3.98. The van der Waals surface area contributed by atoms with Crippen LogP contribution in [0.3, 0.4) is 0 Å². The number of benzene rings is 2. The quantitative estimate of drug-likeness (QED) is 0.557. The fourth-order valence-electron chi connectivity index (χ4n) is 3.65. The third-order valence-corrected chi connectivity index (χ3v) is 4.69. The fourth-order valence-corrected chi connectivity index (χ4v) is 3.65. The number of aryl methyl sites for hydroxylation is 1. The number of nitrogens with zero attached hydrogens (tertiary/aromatic N) is 2. The van der Waals surface area contributed by atoms with Crippen molar-refractivity contribution in [2.75, 3.05) is 0 Å². The lowest BCUT2D eigenvalue weighted by molar-refractivity contribution is 0.714. The fraction of sp³-hybridized carbons (Fsp3) is 0.167. The molecule has 0 amide bonds. The van der Waals surface area contributed by atoms with Gasteiger partial charge in [0.25, 0.3) is 0 Å². The van der Waals surface area contributed by atoms with Crippen LogP contribution in [0.1, 0.15) is 23.6 Å². The van der Waals surface area contributed by atoms with Gasteiger partial charge >= 0.3 is 0 Å². The summed E-state index contributed by atoms with van der Waals surface area (Å²) in [4.78, 5) is 7.81. The van der Waals surface area contributed by atoms with Gasteiger partial charge in [-0.1, -0.05) is 30.3 Å². The maximum Gasteiger partial charge on any atom is 0.0948 e. The van der Waals surface area contributed by atoms with Crippen molar-refractivity contribution in [3.8, 4) is 0 Å². The highest BCUT2D eigenvalue weighted by atomic mass is 15.1. The molecule has 5 rings (SSSR count). The van der Waals surface area contributed by atoms with E-state index in [1.165, 1.54) is 39.5 Å². The lowest BCUT2D eigenvalue weighted by Gasteiger charge is -2.09. The van der Waals surface area contributed by atoms with Gasteiger partial charge in [-0.15, -0.1) is 0 Å². The summed E-state index contributed by atoms with van der Waals surface area (Å²) in [7, 11) is 0. The highest BCUT2D eigenvalue weighted by Crippen LogP contribution is 2.36. The van der Waals surface area contributed by atoms with Gasteiger partial charge in [0, 0.05) is 46.2 Å². The van der Waals surface area contributed by atoms with Crippen molar-refractivity contribution in [2.45, 2.75) is 18.9 Å². The first-order valence-corrected chi connectivity index (χ1v) is 7.40. The smallest absolute Gasteiger partial charge is 0.0948 e. The Morgan fingerprint density at radius 3 is 2.95 bits per heavy atom. The Hall–Kier alpha value is -2.55.